The summed E-state index contributed by atoms with van der Waals surface area (Å²) >= 11 is 0. The van der Waals surface area contributed by atoms with Gasteiger partial charge in [-0.15, -0.1) is 10.2 Å². The average Bonchev–Trinajstić information content (AvgIpc) is 3.62. The molecule has 0 bridgehead atoms. The fourth-order valence-electron chi connectivity index (χ4n) is 4.74. The van der Waals surface area contributed by atoms with Crippen LogP contribution >= 0.6 is 0 Å². The van der Waals surface area contributed by atoms with E-state index < -0.39 is 5.60 Å². The molecule has 13 nitrogen and oxygen atoms in total. The molecule has 212 valence electrons. The maximum atomic E-state index is 12.4. The van der Waals surface area contributed by atoms with Crippen LogP contribution in [0.15, 0.2) is 49.1 Å². The Morgan fingerprint density at radius 1 is 1.07 bits per heavy atom. The first-order valence-electron chi connectivity index (χ1n) is 13.4. The van der Waals surface area contributed by atoms with Crippen LogP contribution in [-0.2, 0) is 11.3 Å². The van der Waals surface area contributed by atoms with Crippen LogP contribution in [0.1, 0.15) is 45.5 Å². The molecule has 1 aliphatic rings. The van der Waals surface area contributed by atoms with E-state index in [0.717, 1.165) is 24.1 Å². The van der Waals surface area contributed by atoms with Gasteiger partial charge >= 0.3 is 6.09 Å². The molecular weight excluding hydrogens is 526 g/mol. The summed E-state index contributed by atoms with van der Waals surface area (Å²) < 4.78 is 20.5. The first-order valence-corrected chi connectivity index (χ1v) is 13.4. The number of hydrogen-bond acceptors (Lipinski definition) is 10. The molecule has 0 N–H and O–H groups in total. The fraction of sp³-hybridized carbons (Fsp3) is 0.393. The van der Waals surface area contributed by atoms with Gasteiger partial charge in [-0.3, -0.25) is 9.67 Å². The third-order valence-corrected chi connectivity index (χ3v) is 6.82. The zero-order chi connectivity index (χ0) is 28.6. The molecule has 13 heteroatoms. The molecule has 5 aromatic rings. The number of pyridine rings is 2. The summed E-state index contributed by atoms with van der Waals surface area (Å²) in [6.45, 7) is 7.02. The molecule has 0 aromatic carbocycles. The van der Waals surface area contributed by atoms with Gasteiger partial charge in [0.15, 0.2) is 11.5 Å². The van der Waals surface area contributed by atoms with Gasteiger partial charge in [0, 0.05) is 43.2 Å². The molecule has 0 radical (unpaired) electrons. The van der Waals surface area contributed by atoms with Gasteiger partial charge < -0.3 is 19.1 Å². The van der Waals surface area contributed by atoms with E-state index >= 15 is 0 Å². The second-order valence-electron chi connectivity index (χ2n) is 10.9. The zero-order valence-corrected chi connectivity index (χ0v) is 23.4. The number of hydrogen-bond donors (Lipinski definition) is 0. The molecule has 6 heterocycles. The number of aromatic nitrogens is 8. The van der Waals surface area contributed by atoms with Crippen molar-refractivity contribution in [3.05, 3.63) is 54.9 Å². The number of carbonyl (C=O) groups excluding carboxylic acids is 1. The highest BCUT2D eigenvalue weighted by Gasteiger charge is 2.28. The standard InChI is InChI=1S/C28H31N9O4/c1-28(2,3)41-27(38)35-11-8-19(9-12-35)36-16-18(14-31-36)21-5-6-24-32-33-25(37(24)34-21)17-40-23-7-10-29-22-13-20(39-4)15-30-26(22)23/h5-7,10,13-16,19H,8-9,11-12,17H2,1-4H3. The molecule has 1 amide bonds. The van der Waals surface area contributed by atoms with Gasteiger partial charge in [0.25, 0.3) is 0 Å². The summed E-state index contributed by atoms with van der Waals surface area (Å²) in [4.78, 5) is 23.0. The lowest BCUT2D eigenvalue weighted by Crippen LogP contribution is -2.42. The van der Waals surface area contributed by atoms with Crippen molar-refractivity contribution in [1.82, 2.24) is 44.5 Å². The molecule has 5 aromatic heterocycles. The van der Waals surface area contributed by atoms with Crippen LogP contribution in [0, 0.1) is 0 Å². The van der Waals surface area contributed by atoms with Gasteiger partial charge in [-0.25, -0.2) is 9.78 Å². The van der Waals surface area contributed by atoms with Crippen molar-refractivity contribution in [3.8, 4) is 22.8 Å². The lowest BCUT2D eigenvalue weighted by molar-refractivity contribution is 0.0185. The van der Waals surface area contributed by atoms with Gasteiger partial charge in [0.05, 0.1) is 36.8 Å². The van der Waals surface area contributed by atoms with Gasteiger partial charge in [-0.2, -0.15) is 14.7 Å². The largest absolute Gasteiger partial charge is 0.495 e. The molecular formula is C28H31N9O4. The Morgan fingerprint density at radius 3 is 2.68 bits per heavy atom. The molecule has 0 atom stereocenters. The normalized spacial score (nSPS) is 14.5. The van der Waals surface area contributed by atoms with E-state index in [1.807, 2.05) is 43.8 Å². The Hall–Kier alpha value is -4.81. The minimum Gasteiger partial charge on any atom is -0.495 e. The Kier molecular flexibility index (Phi) is 6.85. The van der Waals surface area contributed by atoms with Crippen molar-refractivity contribution in [3.63, 3.8) is 0 Å². The molecule has 6 rings (SSSR count). The van der Waals surface area contributed by atoms with E-state index in [9.17, 15) is 4.79 Å². The first-order chi connectivity index (χ1) is 19.8. The van der Waals surface area contributed by atoms with Gasteiger partial charge in [-0.05, 0) is 45.7 Å². The molecule has 0 unspecified atom stereocenters. The van der Waals surface area contributed by atoms with Crippen molar-refractivity contribution in [1.29, 1.82) is 0 Å². The third-order valence-electron chi connectivity index (χ3n) is 6.82. The van der Waals surface area contributed by atoms with Gasteiger partial charge in [0.2, 0.25) is 0 Å². The number of nitrogens with zero attached hydrogens (tertiary/aromatic N) is 9. The van der Waals surface area contributed by atoms with E-state index in [2.05, 4.69) is 25.3 Å². The van der Waals surface area contributed by atoms with Crippen molar-refractivity contribution < 1.29 is 19.0 Å². The van der Waals surface area contributed by atoms with E-state index in [-0.39, 0.29) is 18.7 Å². The smallest absolute Gasteiger partial charge is 0.410 e. The second kappa shape index (κ2) is 10.6. The molecule has 0 spiro atoms. The molecule has 1 saturated heterocycles. The predicted octanol–water partition coefficient (Wildman–Crippen LogP) is 4.09. The van der Waals surface area contributed by atoms with Crippen LogP contribution in [0.5, 0.6) is 11.5 Å². The zero-order valence-electron chi connectivity index (χ0n) is 23.4. The van der Waals surface area contributed by atoms with Crippen molar-refractivity contribution >= 4 is 22.8 Å². The van der Waals surface area contributed by atoms with Crippen molar-refractivity contribution in [2.75, 3.05) is 20.2 Å². The maximum absolute atomic E-state index is 12.4. The SMILES string of the molecule is COc1cnc2c(OCc3nnc4ccc(-c5cnn(C6CCN(C(=O)OC(C)(C)C)CC6)c5)nn34)ccnc2c1. The van der Waals surface area contributed by atoms with Crippen LogP contribution in [0.2, 0.25) is 0 Å². The fourth-order valence-corrected chi connectivity index (χ4v) is 4.74. The lowest BCUT2D eigenvalue weighted by Gasteiger charge is -2.33. The summed E-state index contributed by atoms with van der Waals surface area (Å²) in [6, 6.07) is 7.52. The predicted molar refractivity (Wildman–Crippen MR) is 149 cm³/mol. The third kappa shape index (κ3) is 5.60. The Balaban J connectivity index is 1.15. The van der Waals surface area contributed by atoms with E-state index in [1.165, 1.54) is 0 Å². The Bertz CT molecular complexity index is 1700. The van der Waals surface area contributed by atoms with Gasteiger partial charge in [0.1, 0.15) is 29.2 Å². The van der Waals surface area contributed by atoms with Crippen LogP contribution in [0.3, 0.4) is 0 Å². The number of amides is 1. The quantitative estimate of drug-likeness (QED) is 0.300. The number of piperidine rings is 1. The van der Waals surface area contributed by atoms with Crippen molar-refractivity contribution in [2.45, 2.75) is 51.9 Å². The maximum Gasteiger partial charge on any atom is 0.410 e. The molecule has 0 aliphatic carbocycles. The summed E-state index contributed by atoms with van der Waals surface area (Å²) in [5.74, 6) is 1.74. The highest BCUT2D eigenvalue weighted by Crippen LogP contribution is 2.27. The number of likely N-dealkylation sites (tertiary alicyclic amines) is 1. The molecule has 1 fully saturated rings. The average molecular weight is 558 g/mol. The summed E-state index contributed by atoms with van der Waals surface area (Å²) in [6.07, 6.45) is 8.41. The van der Waals surface area contributed by atoms with E-state index in [0.29, 0.717) is 47.1 Å². The number of rotatable bonds is 6. The first kappa shape index (κ1) is 26.4. The Morgan fingerprint density at radius 2 is 1.90 bits per heavy atom. The molecule has 1 aliphatic heterocycles. The number of ether oxygens (including phenoxy) is 3. The number of carbonyl (C=O) groups is 1. The topological polar surface area (TPSA) is 135 Å². The monoisotopic (exact) mass is 557 g/mol. The number of methoxy groups -OCH3 is 1. The van der Waals surface area contributed by atoms with Gasteiger partial charge in [-0.1, -0.05) is 0 Å². The summed E-state index contributed by atoms with van der Waals surface area (Å²) in [7, 11) is 1.59. The Labute approximate surface area is 236 Å². The lowest BCUT2D eigenvalue weighted by atomic mass is 10.1. The second-order valence-corrected chi connectivity index (χ2v) is 10.9. The minimum absolute atomic E-state index is 0.139. The van der Waals surface area contributed by atoms with Crippen LogP contribution in [-0.4, -0.2) is 76.4 Å². The number of fused-ring (bicyclic) bond motifs is 2. The summed E-state index contributed by atoms with van der Waals surface area (Å²) in [5.41, 5.74) is 3.01. The van der Waals surface area contributed by atoms with E-state index in [1.54, 1.807) is 47.2 Å². The molecule has 0 saturated carbocycles. The van der Waals surface area contributed by atoms with E-state index in [4.69, 9.17) is 19.3 Å². The molecule has 41 heavy (non-hydrogen) atoms. The summed E-state index contributed by atoms with van der Waals surface area (Å²) in [5, 5.41) is 17.9. The van der Waals surface area contributed by atoms with Crippen LogP contribution in [0.4, 0.5) is 4.79 Å². The highest BCUT2D eigenvalue weighted by atomic mass is 16.6. The van der Waals surface area contributed by atoms with Crippen LogP contribution < -0.4 is 9.47 Å². The highest BCUT2D eigenvalue weighted by molar-refractivity contribution is 5.81. The van der Waals surface area contributed by atoms with Crippen LogP contribution in [0.25, 0.3) is 27.9 Å². The minimum atomic E-state index is -0.505. The van der Waals surface area contributed by atoms with Crippen molar-refractivity contribution in [2.24, 2.45) is 0 Å².